The van der Waals surface area contributed by atoms with Gasteiger partial charge in [-0.2, -0.15) is 0 Å². The van der Waals surface area contributed by atoms with E-state index in [0.717, 1.165) is 23.4 Å². The molecule has 0 spiro atoms. The zero-order valence-electron chi connectivity index (χ0n) is 8.35. The summed E-state index contributed by atoms with van der Waals surface area (Å²) in [6.07, 6.45) is 2.52. The lowest BCUT2D eigenvalue weighted by Crippen LogP contribution is -1.98. The minimum absolute atomic E-state index is 0.692. The van der Waals surface area contributed by atoms with Crippen molar-refractivity contribution >= 4 is 11.4 Å². The lowest BCUT2D eigenvalue weighted by atomic mass is 10.1. The molecule has 0 amide bonds. The molecule has 1 heterocycles. The Morgan fingerprint density at radius 1 is 1.07 bits per heavy atom. The molecule has 0 bridgehead atoms. The van der Waals surface area contributed by atoms with Gasteiger partial charge in [-0.25, -0.2) is 0 Å². The number of rotatable bonds is 2. The Kier molecular flexibility index (Phi) is 2.54. The van der Waals surface area contributed by atoms with Gasteiger partial charge < -0.3 is 11.5 Å². The van der Waals surface area contributed by atoms with E-state index >= 15 is 0 Å². The van der Waals surface area contributed by atoms with E-state index in [1.165, 1.54) is 0 Å². The Morgan fingerprint density at radius 2 is 1.93 bits per heavy atom. The maximum atomic E-state index is 5.86. The Hall–Kier alpha value is -2.03. The van der Waals surface area contributed by atoms with Crippen LogP contribution in [0.4, 0.5) is 11.4 Å². The summed E-state index contributed by atoms with van der Waals surface area (Å²) in [6, 6.07) is 11.4. The fraction of sp³-hybridized carbons (Fsp3) is 0.0833. The first kappa shape index (κ1) is 9.52. The SMILES string of the molecule is Nc1ccc(Cc2ccccn2)c(N)c1. The Labute approximate surface area is 88.8 Å². The van der Waals surface area contributed by atoms with Gasteiger partial charge in [-0.05, 0) is 29.8 Å². The van der Waals surface area contributed by atoms with Crippen LogP contribution in [0.1, 0.15) is 11.3 Å². The molecule has 0 unspecified atom stereocenters. The molecule has 0 atom stereocenters. The second-order valence-electron chi connectivity index (χ2n) is 3.46. The minimum atomic E-state index is 0.692. The van der Waals surface area contributed by atoms with E-state index in [9.17, 15) is 0 Å². The number of anilines is 2. The summed E-state index contributed by atoms with van der Waals surface area (Å²) in [6.45, 7) is 0. The number of nitrogens with zero attached hydrogens (tertiary/aromatic N) is 1. The largest absolute Gasteiger partial charge is 0.399 e. The van der Waals surface area contributed by atoms with Gasteiger partial charge in [0.2, 0.25) is 0 Å². The molecule has 2 rings (SSSR count). The number of aromatic nitrogens is 1. The standard InChI is InChI=1S/C12H13N3/c13-10-5-4-9(12(14)8-10)7-11-3-1-2-6-15-11/h1-6,8H,7,13-14H2. The second-order valence-corrected chi connectivity index (χ2v) is 3.46. The summed E-state index contributed by atoms with van der Waals surface area (Å²) in [7, 11) is 0. The van der Waals surface area contributed by atoms with Crippen LogP contribution in [0, 0.1) is 0 Å². The molecular formula is C12H13N3. The molecule has 0 radical (unpaired) electrons. The van der Waals surface area contributed by atoms with Crippen LogP contribution in [0.25, 0.3) is 0 Å². The molecule has 76 valence electrons. The molecule has 1 aromatic heterocycles. The highest BCUT2D eigenvalue weighted by atomic mass is 14.7. The summed E-state index contributed by atoms with van der Waals surface area (Å²) in [4.78, 5) is 4.25. The summed E-state index contributed by atoms with van der Waals surface area (Å²) >= 11 is 0. The third-order valence-electron chi connectivity index (χ3n) is 2.27. The summed E-state index contributed by atoms with van der Waals surface area (Å²) in [5.74, 6) is 0. The van der Waals surface area contributed by atoms with Crippen molar-refractivity contribution < 1.29 is 0 Å². The quantitative estimate of drug-likeness (QED) is 0.725. The molecule has 0 aliphatic rings. The van der Waals surface area contributed by atoms with Gasteiger partial charge in [0, 0.05) is 29.7 Å². The first-order valence-electron chi connectivity index (χ1n) is 4.79. The van der Waals surface area contributed by atoms with Crippen molar-refractivity contribution in [2.24, 2.45) is 0 Å². The van der Waals surface area contributed by atoms with Crippen LogP contribution in [0.15, 0.2) is 42.6 Å². The first-order valence-corrected chi connectivity index (χ1v) is 4.79. The van der Waals surface area contributed by atoms with Gasteiger partial charge in [0.15, 0.2) is 0 Å². The molecule has 0 aliphatic heterocycles. The van der Waals surface area contributed by atoms with E-state index < -0.39 is 0 Å². The lowest BCUT2D eigenvalue weighted by Gasteiger charge is -2.05. The van der Waals surface area contributed by atoms with Crippen LogP contribution in [-0.4, -0.2) is 4.98 Å². The van der Waals surface area contributed by atoms with Crippen molar-refractivity contribution in [1.82, 2.24) is 4.98 Å². The number of benzene rings is 1. The van der Waals surface area contributed by atoms with Gasteiger partial charge in [-0.15, -0.1) is 0 Å². The highest BCUT2D eigenvalue weighted by Gasteiger charge is 2.01. The molecule has 3 nitrogen and oxygen atoms in total. The summed E-state index contributed by atoms with van der Waals surface area (Å²) < 4.78 is 0. The number of pyridine rings is 1. The fourth-order valence-corrected chi connectivity index (χ4v) is 1.47. The van der Waals surface area contributed by atoms with E-state index in [1.807, 2.05) is 30.3 Å². The molecule has 0 fully saturated rings. The molecule has 2 aromatic rings. The number of hydrogen-bond acceptors (Lipinski definition) is 3. The van der Waals surface area contributed by atoms with Gasteiger partial charge in [-0.1, -0.05) is 12.1 Å². The molecule has 3 heteroatoms. The number of nitrogen functional groups attached to an aromatic ring is 2. The first-order chi connectivity index (χ1) is 7.25. The van der Waals surface area contributed by atoms with E-state index in [-0.39, 0.29) is 0 Å². The summed E-state index contributed by atoms with van der Waals surface area (Å²) in [5, 5.41) is 0. The zero-order chi connectivity index (χ0) is 10.7. The van der Waals surface area contributed by atoms with Crippen molar-refractivity contribution in [2.45, 2.75) is 6.42 Å². The third kappa shape index (κ3) is 2.26. The average Bonchev–Trinajstić information content (AvgIpc) is 2.24. The van der Waals surface area contributed by atoms with Crippen molar-refractivity contribution in [2.75, 3.05) is 11.5 Å². The molecule has 15 heavy (non-hydrogen) atoms. The van der Waals surface area contributed by atoms with Crippen LogP contribution in [0.2, 0.25) is 0 Å². The van der Waals surface area contributed by atoms with Crippen molar-refractivity contribution in [1.29, 1.82) is 0 Å². The fourth-order valence-electron chi connectivity index (χ4n) is 1.47. The highest BCUT2D eigenvalue weighted by molar-refractivity contribution is 5.57. The lowest BCUT2D eigenvalue weighted by molar-refractivity contribution is 1.08. The Morgan fingerprint density at radius 3 is 2.60 bits per heavy atom. The number of nitrogens with two attached hydrogens (primary N) is 2. The molecule has 1 aromatic carbocycles. The van der Waals surface area contributed by atoms with Gasteiger partial charge in [-0.3, -0.25) is 4.98 Å². The number of hydrogen-bond donors (Lipinski definition) is 2. The van der Waals surface area contributed by atoms with E-state index in [0.29, 0.717) is 5.69 Å². The van der Waals surface area contributed by atoms with Crippen LogP contribution < -0.4 is 11.5 Å². The Bertz CT molecular complexity index is 452. The van der Waals surface area contributed by atoms with Crippen LogP contribution >= 0.6 is 0 Å². The molecule has 0 aliphatic carbocycles. The molecular weight excluding hydrogens is 186 g/mol. The van der Waals surface area contributed by atoms with Gasteiger partial charge in [0.05, 0.1) is 0 Å². The van der Waals surface area contributed by atoms with Gasteiger partial charge >= 0.3 is 0 Å². The highest BCUT2D eigenvalue weighted by Crippen LogP contribution is 2.18. The van der Waals surface area contributed by atoms with Crippen molar-refractivity contribution in [3.63, 3.8) is 0 Å². The monoisotopic (exact) mass is 199 g/mol. The molecule has 0 saturated carbocycles. The van der Waals surface area contributed by atoms with Crippen LogP contribution in [-0.2, 0) is 6.42 Å². The van der Waals surface area contributed by atoms with Crippen molar-refractivity contribution in [3.05, 3.63) is 53.9 Å². The van der Waals surface area contributed by atoms with Gasteiger partial charge in [0.1, 0.15) is 0 Å². The summed E-state index contributed by atoms with van der Waals surface area (Å²) in [5.41, 5.74) is 15.0. The predicted octanol–water partition coefficient (Wildman–Crippen LogP) is 1.84. The normalized spacial score (nSPS) is 10.1. The van der Waals surface area contributed by atoms with Crippen LogP contribution in [0.5, 0.6) is 0 Å². The maximum absolute atomic E-state index is 5.86. The van der Waals surface area contributed by atoms with E-state index in [2.05, 4.69) is 4.98 Å². The second kappa shape index (κ2) is 4.00. The Balaban J connectivity index is 2.25. The average molecular weight is 199 g/mol. The van der Waals surface area contributed by atoms with Crippen LogP contribution in [0.3, 0.4) is 0 Å². The van der Waals surface area contributed by atoms with Gasteiger partial charge in [0.25, 0.3) is 0 Å². The maximum Gasteiger partial charge on any atom is 0.0448 e. The molecule has 4 N–H and O–H groups in total. The predicted molar refractivity (Wildman–Crippen MR) is 62.3 cm³/mol. The van der Waals surface area contributed by atoms with Crippen molar-refractivity contribution in [3.8, 4) is 0 Å². The zero-order valence-corrected chi connectivity index (χ0v) is 8.35. The minimum Gasteiger partial charge on any atom is -0.399 e. The third-order valence-corrected chi connectivity index (χ3v) is 2.27. The molecule has 0 saturated heterocycles. The van der Waals surface area contributed by atoms with E-state index in [1.54, 1.807) is 12.3 Å². The smallest absolute Gasteiger partial charge is 0.0448 e. The topological polar surface area (TPSA) is 64.9 Å². The van der Waals surface area contributed by atoms with E-state index in [4.69, 9.17) is 11.5 Å².